The molecule has 1 saturated carbocycles. The number of nitrogens with zero attached hydrogens (tertiary/aromatic N) is 1. The highest BCUT2D eigenvalue weighted by atomic mass is 32.1. The second-order valence-corrected chi connectivity index (χ2v) is 6.98. The summed E-state index contributed by atoms with van der Waals surface area (Å²) < 4.78 is 11.2. The fourth-order valence-corrected chi connectivity index (χ4v) is 4.23. The SMILES string of the molecule is CCOC(=O)c1nc(C2(OCC)CCCC(C)C2)sc1C. The number of hydrogen-bond donors (Lipinski definition) is 0. The summed E-state index contributed by atoms with van der Waals surface area (Å²) in [6.45, 7) is 9.07. The molecule has 0 amide bonds. The Morgan fingerprint density at radius 3 is 2.81 bits per heavy atom. The highest BCUT2D eigenvalue weighted by Crippen LogP contribution is 2.44. The van der Waals surface area contributed by atoms with E-state index in [0.717, 1.165) is 29.1 Å². The number of esters is 1. The van der Waals surface area contributed by atoms with Gasteiger partial charge in [-0.25, -0.2) is 9.78 Å². The molecule has 1 aromatic heterocycles. The second kappa shape index (κ2) is 6.88. The van der Waals surface area contributed by atoms with Crippen molar-refractivity contribution in [2.45, 2.75) is 59.0 Å². The van der Waals surface area contributed by atoms with Gasteiger partial charge in [0.05, 0.1) is 6.61 Å². The fraction of sp³-hybridized carbons (Fsp3) is 0.750. The monoisotopic (exact) mass is 311 g/mol. The molecule has 1 heterocycles. The van der Waals surface area contributed by atoms with Gasteiger partial charge in [-0.15, -0.1) is 11.3 Å². The fourth-order valence-electron chi connectivity index (χ4n) is 3.15. The van der Waals surface area contributed by atoms with Crippen molar-refractivity contribution in [3.63, 3.8) is 0 Å². The van der Waals surface area contributed by atoms with Crippen LogP contribution in [0.4, 0.5) is 0 Å². The predicted molar refractivity (Wildman–Crippen MR) is 83.7 cm³/mol. The molecule has 1 aromatic rings. The minimum absolute atomic E-state index is 0.313. The van der Waals surface area contributed by atoms with Gasteiger partial charge in [0.1, 0.15) is 10.6 Å². The van der Waals surface area contributed by atoms with E-state index in [0.29, 0.717) is 24.8 Å². The number of ether oxygens (including phenoxy) is 2. The molecule has 0 aromatic carbocycles. The van der Waals surface area contributed by atoms with Crippen molar-refractivity contribution in [2.75, 3.05) is 13.2 Å². The molecule has 0 N–H and O–H groups in total. The molecular formula is C16H25NO3S. The first-order valence-electron chi connectivity index (χ1n) is 7.81. The Kier molecular flexibility index (Phi) is 5.38. The van der Waals surface area contributed by atoms with E-state index in [1.165, 1.54) is 6.42 Å². The topological polar surface area (TPSA) is 48.4 Å². The third-order valence-electron chi connectivity index (χ3n) is 4.03. The number of thiazole rings is 1. The van der Waals surface area contributed by atoms with Crippen molar-refractivity contribution >= 4 is 17.3 Å². The van der Waals surface area contributed by atoms with Gasteiger partial charge in [-0.05, 0) is 46.0 Å². The first-order valence-corrected chi connectivity index (χ1v) is 8.63. The number of hydrogen-bond acceptors (Lipinski definition) is 5. The lowest BCUT2D eigenvalue weighted by atomic mass is 9.79. The van der Waals surface area contributed by atoms with Crippen LogP contribution in [0.15, 0.2) is 0 Å². The third kappa shape index (κ3) is 3.46. The van der Waals surface area contributed by atoms with Crippen molar-refractivity contribution in [2.24, 2.45) is 5.92 Å². The van der Waals surface area contributed by atoms with E-state index in [2.05, 4.69) is 11.9 Å². The Balaban J connectivity index is 2.33. The van der Waals surface area contributed by atoms with Gasteiger partial charge in [-0.1, -0.05) is 13.3 Å². The van der Waals surface area contributed by atoms with Crippen molar-refractivity contribution in [3.05, 3.63) is 15.6 Å². The van der Waals surface area contributed by atoms with Crippen LogP contribution in [-0.4, -0.2) is 24.2 Å². The molecule has 0 aliphatic heterocycles. The molecule has 2 atom stereocenters. The molecule has 1 aliphatic rings. The van der Waals surface area contributed by atoms with E-state index in [4.69, 9.17) is 9.47 Å². The zero-order chi connectivity index (χ0) is 15.5. The summed E-state index contributed by atoms with van der Waals surface area (Å²) in [5.41, 5.74) is 0.140. The Morgan fingerprint density at radius 2 is 2.19 bits per heavy atom. The molecule has 2 rings (SSSR count). The van der Waals surface area contributed by atoms with Crippen molar-refractivity contribution in [1.29, 1.82) is 0 Å². The summed E-state index contributed by atoms with van der Waals surface area (Å²) in [6.07, 6.45) is 4.36. The zero-order valence-electron chi connectivity index (χ0n) is 13.4. The van der Waals surface area contributed by atoms with Crippen molar-refractivity contribution in [1.82, 2.24) is 4.98 Å². The van der Waals surface area contributed by atoms with Crippen LogP contribution in [0, 0.1) is 12.8 Å². The van der Waals surface area contributed by atoms with Gasteiger partial charge in [0.25, 0.3) is 0 Å². The van der Waals surface area contributed by atoms with E-state index in [1.54, 1.807) is 11.3 Å². The lowest BCUT2D eigenvalue weighted by molar-refractivity contribution is -0.0821. The molecule has 0 spiro atoms. The molecule has 0 bridgehead atoms. The zero-order valence-corrected chi connectivity index (χ0v) is 14.2. The van der Waals surface area contributed by atoms with Crippen LogP contribution in [0.25, 0.3) is 0 Å². The smallest absolute Gasteiger partial charge is 0.358 e. The van der Waals surface area contributed by atoms with Crippen LogP contribution in [-0.2, 0) is 15.1 Å². The second-order valence-electron chi connectivity index (χ2n) is 5.77. The summed E-state index contributed by atoms with van der Waals surface area (Å²) in [5.74, 6) is 0.300. The Hall–Kier alpha value is -0.940. The predicted octanol–water partition coefficient (Wildman–Crippen LogP) is 4.07. The third-order valence-corrected chi connectivity index (χ3v) is 5.19. The van der Waals surface area contributed by atoms with E-state index in [9.17, 15) is 4.79 Å². The Bertz CT molecular complexity index is 496. The number of carbonyl (C=O) groups excluding carboxylic acids is 1. The maximum atomic E-state index is 12.0. The Morgan fingerprint density at radius 1 is 1.43 bits per heavy atom. The summed E-state index contributed by atoms with van der Waals surface area (Å²) in [5, 5.41) is 0.941. The minimum Gasteiger partial charge on any atom is -0.461 e. The van der Waals surface area contributed by atoms with Gasteiger partial charge in [0.15, 0.2) is 5.69 Å². The van der Waals surface area contributed by atoms with Gasteiger partial charge in [-0.2, -0.15) is 0 Å². The summed E-state index contributed by atoms with van der Waals surface area (Å²) in [6, 6.07) is 0. The average molecular weight is 311 g/mol. The van der Waals surface area contributed by atoms with Gasteiger partial charge in [-0.3, -0.25) is 0 Å². The van der Waals surface area contributed by atoms with Crippen LogP contribution in [0.5, 0.6) is 0 Å². The summed E-state index contributed by atoms with van der Waals surface area (Å²) in [4.78, 5) is 17.5. The van der Waals surface area contributed by atoms with Crippen LogP contribution >= 0.6 is 11.3 Å². The van der Waals surface area contributed by atoms with Gasteiger partial charge in [0, 0.05) is 11.5 Å². The van der Waals surface area contributed by atoms with E-state index >= 15 is 0 Å². The largest absolute Gasteiger partial charge is 0.461 e. The van der Waals surface area contributed by atoms with Crippen molar-refractivity contribution in [3.8, 4) is 0 Å². The highest BCUT2D eigenvalue weighted by molar-refractivity contribution is 7.12. The average Bonchev–Trinajstić information content (AvgIpc) is 2.82. The lowest BCUT2D eigenvalue weighted by Crippen LogP contribution is -2.35. The van der Waals surface area contributed by atoms with E-state index in [-0.39, 0.29) is 11.6 Å². The molecule has 21 heavy (non-hydrogen) atoms. The van der Waals surface area contributed by atoms with E-state index < -0.39 is 0 Å². The quantitative estimate of drug-likeness (QED) is 0.769. The standard InChI is InChI=1S/C16H25NO3S/c1-5-19-14(18)13-12(4)21-15(17-13)16(20-6-2)9-7-8-11(3)10-16/h11H,5-10H2,1-4H3. The molecule has 1 fully saturated rings. The number of rotatable bonds is 5. The Labute approximate surface area is 130 Å². The molecule has 5 heteroatoms. The normalized spacial score (nSPS) is 25.8. The van der Waals surface area contributed by atoms with Crippen molar-refractivity contribution < 1.29 is 14.3 Å². The number of carbonyl (C=O) groups is 1. The molecule has 0 radical (unpaired) electrons. The van der Waals surface area contributed by atoms with Crippen LogP contribution in [0.1, 0.15) is 66.8 Å². The minimum atomic E-state index is -0.326. The first kappa shape index (κ1) is 16.4. The van der Waals surface area contributed by atoms with Crippen LogP contribution in [0.2, 0.25) is 0 Å². The maximum absolute atomic E-state index is 12.0. The maximum Gasteiger partial charge on any atom is 0.358 e. The molecule has 118 valence electrons. The summed E-state index contributed by atoms with van der Waals surface area (Å²) in [7, 11) is 0. The highest BCUT2D eigenvalue weighted by Gasteiger charge is 2.40. The lowest BCUT2D eigenvalue weighted by Gasteiger charge is -2.38. The molecule has 0 saturated heterocycles. The molecular weight excluding hydrogens is 286 g/mol. The molecule has 4 nitrogen and oxygen atoms in total. The first-order chi connectivity index (χ1) is 10.0. The van der Waals surface area contributed by atoms with E-state index in [1.807, 2.05) is 20.8 Å². The van der Waals surface area contributed by atoms with Gasteiger partial charge < -0.3 is 9.47 Å². The molecule has 1 aliphatic carbocycles. The molecule has 2 unspecified atom stereocenters. The van der Waals surface area contributed by atoms with Crippen LogP contribution < -0.4 is 0 Å². The number of aryl methyl sites for hydroxylation is 1. The summed E-state index contributed by atoms with van der Waals surface area (Å²) >= 11 is 1.58. The number of aromatic nitrogens is 1. The van der Waals surface area contributed by atoms with Gasteiger partial charge in [0.2, 0.25) is 0 Å². The van der Waals surface area contributed by atoms with Crippen LogP contribution in [0.3, 0.4) is 0 Å². The van der Waals surface area contributed by atoms with Gasteiger partial charge >= 0.3 is 5.97 Å².